The van der Waals surface area contributed by atoms with Gasteiger partial charge in [0.15, 0.2) is 0 Å². The molecule has 0 aliphatic rings. The summed E-state index contributed by atoms with van der Waals surface area (Å²) in [5.41, 5.74) is 11.3. The third kappa shape index (κ3) is 15.8. The second-order valence-corrected chi connectivity index (χ2v) is 5.09. The molecule has 0 amide bonds. The van der Waals surface area contributed by atoms with Crippen molar-refractivity contribution in [2.75, 3.05) is 26.2 Å². The highest BCUT2D eigenvalue weighted by Crippen LogP contribution is 1.93. The molecule has 4 heteroatoms. The smallest absolute Gasteiger partial charge is 0.00225 e. The first-order chi connectivity index (χ1) is 8.13. The molecule has 0 saturated carbocycles. The van der Waals surface area contributed by atoms with Gasteiger partial charge in [0, 0.05) is 12.1 Å². The maximum Gasteiger partial charge on any atom is 0.00225 e. The Hall–Kier alpha value is -0.160. The summed E-state index contributed by atoms with van der Waals surface area (Å²) >= 11 is 0. The molecule has 0 bridgehead atoms. The zero-order valence-corrected chi connectivity index (χ0v) is 11.7. The lowest BCUT2D eigenvalue weighted by Gasteiger charge is -2.08. The van der Waals surface area contributed by atoms with Gasteiger partial charge in [0.05, 0.1) is 0 Å². The molecule has 0 aliphatic heterocycles. The van der Waals surface area contributed by atoms with Crippen LogP contribution in [-0.4, -0.2) is 38.3 Å². The van der Waals surface area contributed by atoms with Crippen molar-refractivity contribution < 1.29 is 0 Å². The molecule has 4 nitrogen and oxygen atoms in total. The fourth-order valence-corrected chi connectivity index (χ4v) is 1.59. The highest BCUT2D eigenvalue weighted by atomic mass is 14.9. The van der Waals surface area contributed by atoms with Crippen molar-refractivity contribution in [2.45, 2.75) is 58.0 Å². The second-order valence-electron chi connectivity index (χ2n) is 5.09. The van der Waals surface area contributed by atoms with E-state index >= 15 is 0 Å². The van der Waals surface area contributed by atoms with Crippen molar-refractivity contribution in [1.29, 1.82) is 0 Å². The predicted octanol–water partition coefficient (Wildman–Crippen LogP) is 0.811. The van der Waals surface area contributed by atoms with Crippen LogP contribution in [0.1, 0.15) is 46.0 Å². The molecule has 104 valence electrons. The second kappa shape index (κ2) is 12.3. The summed E-state index contributed by atoms with van der Waals surface area (Å²) in [6.07, 6.45) is 5.94. The molecule has 0 rings (SSSR count). The topological polar surface area (TPSA) is 76.1 Å². The summed E-state index contributed by atoms with van der Waals surface area (Å²) in [7, 11) is 0. The standard InChI is InChI=1S/C13H32N4/c1-12(14)6-10-16-8-4-3-5-9-17-11-7-13(2)15/h12-13,16-17H,3-11,14-15H2,1-2H3. The van der Waals surface area contributed by atoms with Crippen LogP contribution in [0.25, 0.3) is 0 Å². The largest absolute Gasteiger partial charge is 0.328 e. The molecule has 17 heavy (non-hydrogen) atoms. The van der Waals surface area contributed by atoms with Crippen LogP contribution in [-0.2, 0) is 0 Å². The van der Waals surface area contributed by atoms with Gasteiger partial charge in [-0.25, -0.2) is 0 Å². The SMILES string of the molecule is CC(N)CCNCCCCCNCCC(C)N. The Kier molecular flexibility index (Phi) is 12.2. The number of hydrogen-bond donors (Lipinski definition) is 4. The van der Waals surface area contributed by atoms with Crippen molar-refractivity contribution in [2.24, 2.45) is 11.5 Å². The Balaban J connectivity index is 2.94. The zero-order valence-electron chi connectivity index (χ0n) is 11.7. The van der Waals surface area contributed by atoms with Crippen molar-refractivity contribution in [3.05, 3.63) is 0 Å². The number of rotatable bonds is 12. The Morgan fingerprint density at radius 1 is 0.706 bits per heavy atom. The van der Waals surface area contributed by atoms with Gasteiger partial charge in [-0.05, 0) is 65.7 Å². The van der Waals surface area contributed by atoms with Gasteiger partial charge in [0.2, 0.25) is 0 Å². The summed E-state index contributed by atoms with van der Waals surface area (Å²) in [6, 6.07) is 0.633. The quantitative estimate of drug-likeness (QED) is 0.383. The molecule has 0 fully saturated rings. The molecule has 0 spiro atoms. The molecular weight excluding hydrogens is 212 g/mol. The van der Waals surface area contributed by atoms with Gasteiger partial charge in [-0.3, -0.25) is 0 Å². The summed E-state index contributed by atoms with van der Waals surface area (Å²) in [5, 5.41) is 6.83. The Morgan fingerprint density at radius 2 is 1.12 bits per heavy atom. The lowest BCUT2D eigenvalue weighted by molar-refractivity contribution is 0.536. The van der Waals surface area contributed by atoms with Crippen molar-refractivity contribution >= 4 is 0 Å². The predicted molar refractivity (Wildman–Crippen MR) is 76.1 cm³/mol. The van der Waals surface area contributed by atoms with E-state index in [1.807, 2.05) is 0 Å². The molecule has 0 aromatic rings. The summed E-state index contributed by atoms with van der Waals surface area (Å²) < 4.78 is 0. The Bertz CT molecular complexity index is 132. The van der Waals surface area contributed by atoms with Crippen LogP contribution in [0.4, 0.5) is 0 Å². The molecular formula is C13H32N4. The number of nitrogens with one attached hydrogen (secondary N) is 2. The van der Waals surface area contributed by atoms with Crippen LogP contribution in [0.2, 0.25) is 0 Å². The summed E-state index contributed by atoms with van der Waals surface area (Å²) in [6.45, 7) is 8.43. The fraction of sp³-hybridized carbons (Fsp3) is 1.00. The van der Waals surface area contributed by atoms with Gasteiger partial charge in [0.25, 0.3) is 0 Å². The fourth-order valence-electron chi connectivity index (χ4n) is 1.59. The minimum Gasteiger partial charge on any atom is -0.328 e. The van der Waals surface area contributed by atoms with E-state index in [-0.39, 0.29) is 0 Å². The van der Waals surface area contributed by atoms with Crippen LogP contribution in [0, 0.1) is 0 Å². The van der Waals surface area contributed by atoms with Gasteiger partial charge >= 0.3 is 0 Å². The lowest BCUT2D eigenvalue weighted by Crippen LogP contribution is -2.25. The molecule has 0 heterocycles. The average molecular weight is 244 g/mol. The normalized spacial score (nSPS) is 14.8. The number of unbranched alkanes of at least 4 members (excludes halogenated alkanes) is 2. The van der Waals surface area contributed by atoms with Crippen molar-refractivity contribution in [1.82, 2.24) is 10.6 Å². The Labute approximate surface area is 107 Å². The van der Waals surface area contributed by atoms with Crippen LogP contribution in [0.15, 0.2) is 0 Å². The molecule has 0 aromatic carbocycles. The van der Waals surface area contributed by atoms with E-state index in [0.29, 0.717) is 12.1 Å². The maximum absolute atomic E-state index is 5.67. The highest BCUT2D eigenvalue weighted by Gasteiger charge is 1.95. The molecule has 2 atom stereocenters. The van der Waals surface area contributed by atoms with Crippen LogP contribution in [0.3, 0.4) is 0 Å². The summed E-state index contributed by atoms with van der Waals surface area (Å²) in [4.78, 5) is 0. The van der Waals surface area contributed by atoms with Crippen molar-refractivity contribution in [3.63, 3.8) is 0 Å². The van der Waals surface area contributed by atoms with Crippen LogP contribution >= 0.6 is 0 Å². The minimum atomic E-state index is 0.316. The number of hydrogen-bond acceptors (Lipinski definition) is 4. The maximum atomic E-state index is 5.67. The highest BCUT2D eigenvalue weighted by molar-refractivity contribution is 4.58. The zero-order chi connectivity index (χ0) is 12.9. The van der Waals surface area contributed by atoms with E-state index < -0.39 is 0 Å². The first-order valence-electron chi connectivity index (χ1n) is 7.05. The van der Waals surface area contributed by atoms with Crippen LogP contribution in [0.5, 0.6) is 0 Å². The average Bonchev–Trinajstić information content (AvgIpc) is 2.25. The van der Waals surface area contributed by atoms with E-state index in [1.54, 1.807) is 0 Å². The monoisotopic (exact) mass is 244 g/mol. The first-order valence-corrected chi connectivity index (χ1v) is 7.05. The molecule has 2 unspecified atom stereocenters. The molecule has 6 N–H and O–H groups in total. The third-order valence-electron chi connectivity index (χ3n) is 2.76. The first kappa shape index (κ1) is 16.8. The molecule has 0 saturated heterocycles. The summed E-state index contributed by atoms with van der Waals surface area (Å²) in [5.74, 6) is 0. The van der Waals surface area contributed by atoms with E-state index in [0.717, 1.165) is 39.0 Å². The molecule has 0 aliphatic carbocycles. The Morgan fingerprint density at radius 3 is 1.47 bits per heavy atom. The van der Waals surface area contributed by atoms with Gasteiger partial charge in [-0.15, -0.1) is 0 Å². The van der Waals surface area contributed by atoms with Gasteiger partial charge in [-0.2, -0.15) is 0 Å². The molecule has 0 aromatic heterocycles. The minimum absolute atomic E-state index is 0.316. The van der Waals surface area contributed by atoms with E-state index in [4.69, 9.17) is 11.5 Å². The van der Waals surface area contributed by atoms with Gasteiger partial charge < -0.3 is 22.1 Å². The van der Waals surface area contributed by atoms with E-state index in [2.05, 4.69) is 24.5 Å². The van der Waals surface area contributed by atoms with E-state index in [1.165, 1.54) is 19.3 Å². The molecule has 0 radical (unpaired) electrons. The van der Waals surface area contributed by atoms with Gasteiger partial charge in [0.1, 0.15) is 0 Å². The number of nitrogens with two attached hydrogens (primary N) is 2. The van der Waals surface area contributed by atoms with Crippen LogP contribution < -0.4 is 22.1 Å². The van der Waals surface area contributed by atoms with Crippen molar-refractivity contribution in [3.8, 4) is 0 Å². The third-order valence-corrected chi connectivity index (χ3v) is 2.76. The van der Waals surface area contributed by atoms with E-state index in [9.17, 15) is 0 Å². The lowest BCUT2D eigenvalue weighted by atomic mass is 10.2. The van der Waals surface area contributed by atoms with Gasteiger partial charge in [-0.1, -0.05) is 6.42 Å².